The average Bonchev–Trinajstić information content (AvgIpc) is 2.72. The van der Waals surface area contributed by atoms with Gasteiger partial charge in [0, 0.05) is 18.1 Å². The van der Waals surface area contributed by atoms with Crippen LogP contribution in [0.1, 0.15) is 6.92 Å². The normalized spacial score (nSPS) is 11.0. The third kappa shape index (κ3) is 2.96. The quantitative estimate of drug-likeness (QED) is 0.594. The van der Waals surface area contributed by atoms with E-state index in [4.69, 9.17) is 0 Å². The van der Waals surface area contributed by atoms with Crippen LogP contribution < -0.4 is 16.6 Å². The molecule has 28 heavy (non-hydrogen) atoms. The van der Waals surface area contributed by atoms with Gasteiger partial charge in [-0.2, -0.15) is 0 Å². The second kappa shape index (κ2) is 7.11. The molecule has 1 N–H and O–H groups in total. The largest absolute Gasteiger partial charge is 0.331 e. The molecule has 2 heterocycles. The summed E-state index contributed by atoms with van der Waals surface area (Å²) in [5, 5.41) is 4.07. The number of nitrogens with zero attached hydrogens (tertiary/aromatic N) is 3. The van der Waals surface area contributed by atoms with E-state index in [2.05, 4.69) is 10.3 Å². The zero-order chi connectivity index (χ0) is 19.7. The molecule has 2 aromatic carbocycles. The van der Waals surface area contributed by atoms with Gasteiger partial charge in [0.05, 0.1) is 22.1 Å². The molecule has 4 aromatic rings. The van der Waals surface area contributed by atoms with Gasteiger partial charge >= 0.3 is 5.69 Å². The molecule has 0 saturated carbocycles. The Morgan fingerprint density at radius 2 is 1.75 bits per heavy atom. The van der Waals surface area contributed by atoms with Crippen molar-refractivity contribution >= 4 is 33.4 Å². The molecular formula is C21H18N4O3. The molecule has 0 bridgehead atoms. The molecular weight excluding hydrogens is 356 g/mol. The predicted molar refractivity (Wildman–Crippen MR) is 109 cm³/mol. The minimum absolute atomic E-state index is 0.198. The van der Waals surface area contributed by atoms with Crippen molar-refractivity contribution in [3.05, 3.63) is 81.6 Å². The van der Waals surface area contributed by atoms with Gasteiger partial charge in [-0.1, -0.05) is 18.2 Å². The van der Waals surface area contributed by atoms with E-state index in [0.717, 1.165) is 15.5 Å². The summed E-state index contributed by atoms with van der Waals surface area (Å²) in [5.41, 5.74) is 0.983. The Kier molecular flexibility index (Phi) is 4.49. The van der Waals surface area contributed by atoms with Crippen molar-refractivity contribution in [2.24, 2.45) is 0 Å². The van der Waals surface area contributed by atoms with E-state index < -0.39 is 5.69 Å². The maximum absolute atomic E-state index is 12.8. The molecule has 0 atom stereocenters. The fourth-order valence-corrected chi connectivity index (χ4v) is 3.35. The fourth-order valence-electron chi connectivity index (χ4n) is 3.35. The highest BCUT2D eigenvalue weighted by atomic mass is 16.2. The van der Waals surface area contributed by atoms with Gasteiger partial charge in [0.2, 0.25) is 5.91 Å². The van der Waals surface area contributed by atoms with Crippen LogP contribution in [0.3, 0.4) is 0 Å². The van der Waals surface area contributed by atoms with Crippen LogP contribution in [0.25, 0.3) is 21.8 Å². The number of carbonyl (C=O) groups is 1. The number of para-hydroxylation sites is 1. The van der Waals surface area contributed by atoms with Crippen LogP contribution >= 0.6 is 0 Å². The van der Waals surface area contributed by atoms with Gasteiger partial charge in [0.25, 0.3) is 5.56 Å². The molecule has 4 rings (SSSR count). The predicted octanol–water partition coefficient (Wildman–Crippen LogP) is 2.37. The van der Waals surface area contributed by atoms with Crippen LogP contribution in [-0.2, 0) is 17.9 Å². The number of carbonyl (C=O) groups excluding carboxylic acids is 1. The Hall–Kier alpha value is -3.74. The molecule has 0 aliphatic rings. The first-order chi connectivity index (χ1) is 13.6. The summed E-state index contributed by atoms with van der Waals surface area (Å²) in [7, 11) is 0. The van der Waals surface area contributed by atoms with Gasteiger partial charge in [-0.15, -0.1) is 0 Å². The molecule has 1 amide bonds. The summed E-state index contributed by atoms with van der Waals surface area (Å²) in [6.45, 7) is 1.76. The minimum Gasteiger partial charge on any atom is -0.324 e. The van der Waals surface area contributed by atoms with Crippen LogP contribution in [0.5, 0.6) is 0 Å². The number of nitrogens with one attached hydrogen (secondary N) is 1. The summed E-state index contributed by atoms with van der Waals surface area (Å²) >= 11 is 0. The number of anilines is 1. The van der Waals surface area contributed by atoms with E-state index >= 15 is 0 Å². The van der Waals surface area contributed by atoms with Crippen molar-refractivity contribution in [2.75, 3.05) is 5.32 Å². The Morgan fingerprint density at radius 1 is 0.964 bits per heavy atom. The van der Waals surface area contributed by atoms with Gasteiger partial charge in [-0.25, -0.2) is 4.79 Å². The van der Waals surface area contributed by atoms with Gasteiger partial charge < -0.3 is 5.32 Å². The summed E-state index contributed by atoms with van der Waals surface area (Å²) in [6.07, 6.45) is 1.69. The van der Waals surface area contributed by atoms with E-state index in [1.165, 1.54) is 4.57 Å². The highest BCUT2D eigenvalue weighted by Gasteiger charge is 2.15. The number of rotatable bonds is 4. The first-order valence-electron chi connectivity index (χ1n) is 8.96. The van der Waals surface area contributed by atoms with Crippen molar-refractivity contribution in [1.29, 1.82) is 0 Å². The first kappa shape index (κ1) is 17.7. The van der Waals surface area contributed by atoms with E-state index in [-0.39, 0.29) is 24.6 Å². The summed E-state index contributed by atoms with van der Waals surface area (Å²) in [6, 6.07) is 15.9. The summed E-state index contributed by atoms with van der Waals surface area (Å²) < 4.78 is 2.47. The lowest BCUT2D eigenvalue weighted by molar-refractivity contribution is -0.116. The SMILES string of the molecule is CCn1c(=O)c2ccccc2n(CC(=O)Nc2cccc3ncccc23)c1=O. The zero-order valence-electron chi connectivity index (χ0n) is 15.3. The number of benzene rings is 2. The van der Waals surface area contributed by atoms with Crippen LogP contribution in [0, 0.1) is 0 Å². The lowest BCUT2D eigenvalue weighted by atomic mass is 10.2. The monoisotopic (exact) mass is 374 g/mol. The first-order valence-corrected chi connectivity index (χ1v) is 8.96. The second-order valence-electron chi connectivity index (χ2n) is 6.36. The number of aromatic nitrogens is 3. The molecule has 0 fully saturated rings. The molecule has 0 aliphatic heterocycles. The smallest absolute Gasteiger partial charge is 0.324 e. The topological polar surface area (TPSA) is 86.0 Å². The van der Waals surface area contributed by atoms with Crippen LogP contribution in [0.15, 0.2) is 70.4 Å². The maximum Gasteiger partial charge on any atom is 0.331 e. The number of pyridine rings is 1. The molecule has 0 saturated heterocycles. The van der Waals surface area contributed by atoms with Crippen LogP contribution in [0.2, 0.25) is 0 Å². The summed E-state index contributed by atoms with van der Waals surface area (Å²) in [4.78, 5) is 42.3. The molecule has 0 aliphatic carbocycles. The third-order valence-corrected chi connectivity index (χ3v) is 4.67. The Labute approximate surface area is 159 Å². The van der Waals surface area contributed by atoms with E-state index in [1.54, 1.807) is 49.5 Å². The summed E-state index contributed by atoms with van der Waals surface area (Å²) in [5.74, 6) is -0.357. The maximum atomic E-state index is 12.8. The van der Waals surface area contributed by atoms with E-state index in [9.17, 15) is 14.4 Å². The second-order valence-corrected chi connectivity index (χ2v) is 6.36. The van der Waals surface area contributed by atoms with Crippen LogP contribution in [0.4, 0.5) is 5.69 Å². The molecule has 7 nitrogen and oxygen atoms in total. The molecule has 7 heteroatoms. The average molecular weight is 374 g/mol. The fraction of sp³-hybridized carbons (Fsp3) is 0.143. The molecule has 140 valence electrons. The van der Waals surface area contributed by atoms with Crippen molar-refractivity contribution in [1.82, 2.24) is 14.1 Å². The van der Waals surface area contributed by atoms with Crippen molar-refractivity contribution in [3.63, 3.8) is 0 Å². The van der Waals surface area contributed by atoms with Gasteiger partial charge in [-0.05, 0) is 43.3 Å². The lowest BCUT2D eigenvalue weighted by Crippen LogP contribution is -2.41. The minimum atomic E-state index is -0.499. The van der Waals surface area contributed by atoms with Crippen LogP contribution in [-0.4, -0.2) is 20.0 Å². The Morgan fingerprint density at radius 3 is 2.57 bits per heavy atom. The van der Waals surface area contributed by atoms with E-state index in [0.29, 0.717) is 16.6 Å². The molecule has 0 unspecified atom stereocenters. The zero-order valence-corrected chi connectivity index (χ0v) is 15.3. The Balaban J connectivity index is 1.75. The Bertz CT molecular complexity index is 1320. The highest BCUT2D eigenvalue weighted by Crippen LogP contribution is 2.21. The molecule has 0 spiro atoms. The van der Waals surface area contributed by atoms with Gasteiger partial charge in [-0.3, -0.25) is 23.7 Å². The molecule has 0 radical (unpaired) electrons. The standard InChI is InChI=1S/C21H18N4O3/c1-2-24-20(27)15-7-3-4-11-18(15)25(21(24)28)13-19(26)23-17-10-5-9-16-14(17)8-6-12-22-16/h3-12H,2,13H2,1H3,(H,23,26). The lowest BCUT2D eigenvalue weighted by Gasteiger charge is -2.14. The number of fused-ring (bicyclic) bond motifs is 2. The van der Waals surface area contributed by atoms with E-state index in [1.807, 2.05) is 18.2 Å². The van der Waals surface area contributed by atoms with Gasteiger partial charge in [0.15, 0.2) is 0 Å². The number of hydrogen-bond acceptors (Lipinski definition) is 4. The highest BCUT2D eigenvalue weighted by molar-refractivity contribution is 6.01. The molecule has 2 aromatic heterocycles. The number of hydrogen-bond donors (Lipinski definition) is 1. The van der Waals surface area contributed by atoms with Crippen molar-refractivity contribution < 1.29 is 4.79 Å². The number of amides is 1. The van der Waals surface area contributed by atoms with Gasteiger partial charge in [0.1, 0.15) is 6.54 Å². The van der Waals surface area contributed by atoms with Crippen molar-refractivity contribution in [3.8, 4) is 0 Å². The van der Waals surface area contributed by atoms with Crippen molar-refractivity contribution in [2.45, 2.75) is 20.0 Å². The third-order valence-electron chi connectivity index (χ3n) is 4.67.